The second kappa shape index (κ2) is 5.36. The number of benzene rings is 1. The molecule has 0 aliphatic rings. The van der Waals surface area contributed by atoms with Gasteiger partial charge in [0, 0.05) is 0 Å². The fourth-order valence-corrected chi connectivity index (χ4v) is 2.14. The Morgan fingerprint density at radius 2 is 1.53 bits per heavy atom. The van der Waals surface area contributed by atoms with E-state index < -0.39 is 5.97 Å². The molecule has 0 bridgehead atoms. The monoisotopic (exact) mass is 262 g/mol. The Morgan fingerprint density at radius 3 is 1.84 bits per heavy atom. The first-order valence-electron chi connectivity index (χ1n) is 6.84. The average molecular weight is 262 g/mol. The number of carboxylic acid groups (broad SMARTS) is 1. The first-order valence-corrected chi connectivity index (χ1v) is 6.84. The van der Waals surface area contributed by atoms with Crippen molar-refractivity contribution in [1.29, 1.82) is 0 Å². The van der Waals surface area contributed by atoms with E-state index >= 15 is 0 Å². The van der Waals surface area contributed by atoms with Crippen molar-refractivity contribution in [1.82, 2.24) is 0 Å². The molecule has 0 fully saturated rings. The summed E-state index contributed by atoms with van der Waals surface area (Å²) in [6, 6.07) is 8.33. The summed E-state index contributed by atoms with van der Waals surface area (Å²) in [4.78, 5) is 11.4. The molecule has 0 saturated carbocycles. The minimum absolute atomic E-state index is 0.134. The third kappa shape index (κ3) is 4.38. The molecule has 0 spiro atoms. The molecule has 19 heavy (non-hydrogen) atoms. The van der Waals surface area contributed by atoms with E-state index in [4.69, 9.17) is 0 Å². The smallest absolute Gasteiger partial charge is 0.307 e. The molecule has 1 aromatic carbocycles. The molecule has 0 aliphatic heterocycles. The lowest BCUT2D eigenvalue weighted by Gasteiger charge is -2.27. The van der Waals surface area contributed by atoms with Crippen LogP contribution in [0.2, 0.25) is 0 Å². The van der Waals surface area contributed by atoms with Crippen LogP contribution in [-0.4, -0.2) is 11.1 Å². The number of hydrogen-bond acceptors (Lipinski definition) is 1. The second-order valence-corrected chi connectivity index (χ2v) is 7.41. The van der Waals surface area contributed by atoms with E-state index in [1.807, 2.05) is 20.8 Å². The normalized spacial score (nSPS) is 14.2. The predicted molar refractivity (Wildman–Crippen MR) is 79.4 cm³/mol. The Bertz CT molecular complexity index is 430. The van der Waals surface area contributed by atoms with Crippen molar-refractivity contribution in [2.24, 2.45) is 11.3 Å². The molecule has 1 N–H and O–H groups in total. The quantitative estimate of drug-likeness (QED) is 0.883. The van der Waals surface area contributed by atoms with Gasteiger partial charge in [0.05, 0.1) is 5.92 Å². The highest BCUT2D eigenvalue weighted by Gasteiger charge is 2.31. The van der Waals surface area contributed by atoms with E-state index in [9.17, 15) is 9.90 Å². The van der Waals surface area contributed by atoms with E-state index in [0.717, 1.165) is 5.56 Å². The molecule has 0 heterocycles. The summed E-state index contributed by atoms with van der Waals surface area (Å²) in [6.07, 6.45) is 0.587. The zero-order valence-corrected chi connectivity index (χ0v) is 12.9. The van der Waals surface area contributed by atoms with E-state index in [1.165, 1.54) is 5.56 Å². The zero-order valence-electron chi connectivity index (χ0n) is 12.9. The lowest BCUT2D eigenvalue weighted by molar-refractivity contribution is -0.145. The van der Waals surface area contributed by atoms with Crippen LogP contribution in [0.25, 0.3) is 0 Å². The number of aliphatic carboxylic acids is 1. The summed E-state index contributed by atoms with van der Waals surface area (Å²) in [5, 5.41) is 9.35. The molecular formula is C17H26O2. The lowest BCUT2D eigenvalue weighted by atomic mass is 9.77. The second-order valence-electron chi connectivity index (χ2n) is 7.41. The summed E-state index contributed by atoms with van der Waals surface area (Å²) in [6.45, 7) is 12.5. The molecule has 2 heteroatoms. The van der Waals surface area contributed by atoms with Gasteiger partial charge in [0.1, 0.15) is 0 Å². The number of hydrogen-bond donors (Lipinski definition) is 1. The molecule has 1 atom stereocenters. The van der Waals surface area contributed by atoms with Gasteiger partial charge in [-0.3, -0.25) is 4.79 Å². The third-order valence-electron chi connectivity index (χ3n) is 3.60. The van der Waals surface area contributed by atoms with Gasteiger partial charge < -0.3 is 5.11 Å². The van der Waals surface area contributed by atoms with Crippen molar-refractivity contribution in [2.75, 3.05) is 0 Å². The lowest BCUT2D eigenvalue weighted by Crippen LogP contribution is -2.30. The van der Waals surface area contributed by atoms with Crippen LogP contribution in [0, 0.1) is 11.3 Å². The largest absolute Gasteiger partial charge is 0.481 e. The van der Waals surface area contributed by atoms with Gasteiger partial charge >= 0.3 is 5.97 Å². The molecule has 1 rings (SSSR count). The van der Waals surface area contributed by atoms with Crippen molar-refractivity contribution in [3.05, 3.63) is 35.4 Å². The molecule has 0 saturated heterocycles. The molecule has 0 amide bonds. The first kappa shape index (κ1) is 15.7. The van der Waals surface area contributed by atoms with Gasteiger partial charge in [0.25, 0.3) is 0 Å². The Hall–Kier alpha value is -1.31. The molecule has 1 aromatic rings. The summed E-state index contributed by atoms with van der Waals surface area (Å²) in [5.74, 6) is -1.07. The van der Waals surface area contributed by atoms with E-state index in [0.29, 0.717) is 6.42 Å². The number of carbonyl (C=O) groups is 1. The first-order chi connectivity index (χ1) is 8.51. The SMILES string of the molecule is CC(C)(C)c1ccc(CC(C(=O)O)C(C)(C)C)cc1. The van der Waals surface area contributed by atoms with Gasteiger partial charge in [-0.2, -0.15) is 0 Å². The molecule has 0 aliphatic carbocycles. The molecular weight excluding hydrogens is 236 g/mol. The fourth-order valence-electron chi connectivity index (χ4n) is 2.14. The van der Waals surface area contributed by atoms with Crippen LogP contribution in [-0.2, 0) is 16.6 Å². The van der Waals surface area contributed by atoms with Gasteiger partial charge in [-0.25, -0.2) is 0 Å². The van der Waals surface area contributed by atoms with Crippen molar-refractivity contribution in [3.63, 3.8) is 0 Å². The minimum atomic E-state index is -0.715. The van der Waals surface area contributed by atoms with Crippen molar-refractivity contribution < 1.29 is 9.90 Å². The maximum Gasteiger partial charge on any atom is 0.307 e. The van der Waals surface area contributed by atoms with Crippen LogP contribution >= 0.6 is 0 Å². The van der Waals surface area contributed by atoms with Gasteiger partial charge in [-0.15, -0.1) is 0 Å². The summed E-state index contributed by atoms with van der Waals surface area (Å²) in [7, 11) is 0. The highest BCUT2D eigenvalue weighted by atomic mass is 16.4. The average Bonchev–Trinajstić information content (AvgIpc) is 2.23. The van der Waals surface area contributed by atoms with Crippen LogP contribution in [0.15, 0.2) is 24.3 Å². The van der Waals surface area contributed by atoms with E-state index in [-0.39, 0.29) is 16.7 Å². The van der Waals surface area contributed by atoms with Crippen LogP contribution in [0.1, 0.15) is 52.7 Å². The predicted octanol–water partition coefficient (Wildman–Crippen LogP) is 4.27. The third-order valence-corrected chi connectivity index (χ3v) is 3.60. The standard InChI is InChI=1S/C17H26O2/c1-16(2,3)13-9-7-12(8-10-13)11-14(15(18)19)17(4,5)6/h7-10,14H,11H2,1-6H3,(H,18,19). The highest BCUT2D eigenvalue weighted by Crippen LogP contribution is 2.30. The molecule has 0 aromatic heterocycles. The van der Waals surface area contributed by atoms with Gasteiger partial charge in [0.15, 0.2) is 0 Å². The maximum atomic E-state index is 11.4. The minimum Gasteiger partial charge on any atom is -0.481 e. The van der Waals surface area contributed by atoms with E-state index in [1.54, 1.807) is 0 Å². The Balaban J connectivity index is 2.91. The van der Waals surface area contributed by atoms with Crippen LogP contribution in [0.4, 0.5) is 0 Å². The molecule has 0 radical (unpaired) electrons. The number of rotatable bonds is 3. The van der Waals surface area contributed by atoms with Crippen molar-refractivity contribution in [3.8, 4) is 0 Å². The van der Waals surface area contributed by atoms with Crippen molar-refractivity contribution in [2.45, 2.75) is 53.4 Å². The number of carboxylic acids is 1. The Morgan fingerprint density at radius 1 is 1.05 bits per heavy atom. The molecule has 106 valence electrons. The summed E-state index contributed by atoms with van der Waals surface area (Å²) < 4.78 is 0. The Labute approximate surface area is 116 Å². The molecule has 2 nitrogen and oxygen atoms in total. The van der Waals surface area contributed by atoms with Crippen LogP contribution in [0.3, 0.4) is 0 Å². The van der Waals surface area contributed by atoms with Crippen LogP contribution < -0.4 is 0 Å². The molecule has 1 unspecified atom stereocenters. The van der Waals surface area contributed by atoms with Crippen LogP contribution in [0.5, 0.6) is 0 Å². The van der Waals surface area contributed by atoms with Crippen molar-refractivity contribution >= 4 is 5.97 Å². The van der Waals surface area contributed by atoms with Gasteiger partial charge in [0.2, 0.25) is 0 Å². The zero-order chi connectivity index (χ0) is 14.8. The fraction of sp³-hybridized carbons (Fsp3) is 0.588. The topological polar surface area (TPSA) is 37.3 Å². The highest BCUT2D eigenvalue weighted by molar-refractivity contribution is 5.71. The Kier molecular flexibility index (Phi) is 4.44. The van der Waals surface area contributed by atoms with E-state index in [2.05, 4.69) is 45.0 Å². The van der Waals surface area contributed by atoms with Gasteiger partial charge in [-0.1, -0.05) is 65.8 Å². The summed E-state index contributed by atoms with van der Waals surface area (Å²) >= 11 is 0. The van der Waals surface area contributed by atoms with Gasteiger partial charge in [-0.05, 0) is 28.4 Å². The maximum absolute atomic E-state index is 11.4. The summed E-state index contributed by atoms with van der Waals surface area (Å²) in [5.41, 5.74) is 2.28.